The summed E-state index contributed by atoms with van der Waals surface area (Å²) in [5, 5.41) is 1.33. The number of rotatable bonds is 2. The fraction of sp³-hybridized carbons (Fsp3) is 0.333. The molecule has 0 bridgehead atoms. The number of halogens is 1. The van der Waals surface area contributed by atoms with Gasteiger partial charge >= 0.3 is 0 Å². The number of H-pyrrole nitrogens is 1. The summed E-state index contributed by atoms with van der Waals surface area (Å²) in [5.74, 6) is 0.702. The van der Waals surface area contributed by atoms with E-state index in [-0.39, 0.29) is 5.38 Å². The second kappa shape index (κ2) is 3.03. The lowest BCUT2D eigenvalue weighted by Gasteiger charge is -2.07. The summed E-state index contributed by atoms with van der Waals surface area (Å²) in [5.41, 5.74) is 2.37. The van der Waals surface area contributed by atoms with E-state index in [1.54, 1.807) is 0 Å². The molecule has 1 aromatic heterocycles. The minimum Gasteiger partial charge on any atom is -0.361 e. The first-order valence-electron chi connectivity index (χ1n) is 4.97. The van der Waals surface area contributed by atoms with E-state index in [9.17, 15) is 0 Å². The lowest BCUT2D eigenvalue weighted by molar-refractivity contribution is 0.799. The van der Waals surface area contributed by atoms with Crippen LogP contribution < -0.4 is 0 Å². The first-order chi connectivity index (χ1) is 6.84. The Labute approximate surface area is 88.1 Å². The quantitative estimate of drug-likeness (QED) is 0.719. The highest BCUT2D eigenvalue weighted by Crippen LogP contribution is 2.45. The molecule has 0 aliphatic heterocycles. The zero-order chi connectivity index (χ0) is 9.54. The second-order valence-electron chi connectivity index (χ2n) is 3.98. The smallest absolute Gasteiger partial charge is 0.0613 e. The molecule has 1 aromatic carbocycles. The maximum Gasteiger partial charge on any atom is 0.0613 e. The van der Waals surface area contributed by atoms with E-state index in [1.807, 2.05) is 6.20 Å². The van der Waals surface area contributed by atoms with Gasteiger partial charge in [-0.25, -0.2) is 0 Å². The summed E-state index contributed by atoms with van der Waals surface area (Å²) in [6.45, 7) is 0. The molecule has 1 aliphatic rings. The van der Waals surface area contributed by atoms with Crippen molar-refractivity contribution < 1.29 is 0 Å². The van der Waals surface area contributed by atoms with Gasteiger partial charge in [0.2, 0.25) is 0 Å². The molecule has 1 radical (unpaired) electrons. The number of hydrogen-bond acceptors (Lipinski definition) is 0. The van der Waals surface area contributed by atoms with Crippen molar-refractivity contribution in [3.63, 3.8) is 0 Å². The van der Waals surface area contributed by atoms with E-state index in [0.717, 1.165) is 10.9 Å². The van der Waals surface area contributed by atoms with Crippen LogP contribution in [0.1, 0.15) is 23.8 Å². The Kier molecular flexibility index (Phi) is 1.81. The monoisotopic (exact) mass is 204 g/mol. The maximum absolute atomic E-state index is 6.35. The molecule has 2 aromatic rings. The fourth-order valence-corrected chi connectivity index (χ4v) is 2.22. The van der Waals surface area contributed by atoms with Gasteiger partial charge in [0.25, 0.3) is 0 Å². The Morgan fingerprint density at radius 2 is 2.29 bits per heavy atom. The third-order valence-electron chi connectivity index (χ3n) is 2.85. The molecule has 1 fully saturated rings. The van der Waals surface area contributed by atoms with Crippen LogP contribution in [0.25, 0.3) is 10.9 Å². The van der Waals surface area contributed by atoms with Gasteiger partial charge in [-0.1, -0.05) is 6.07 Å². The Morgan fingerprint density at radius 1 is 1.43 bits per heavy atom. The molecule has 1 nitrogen and oxygen atoms in total. The average Bonchev–Trinajstić information content (AvgIpc) is 2.95. The number of benzene rings is 1. The molecular formula is C12H11ClN. The fourth-order valence-electron chi connectivity index (χ4n) is 1.83. The summed E-state index contributed by atoms with van der Waals surface area (Å²) in [6.07, 6.45) is 4.40. The van der Waals surface area contributed by atoms with Crippen molar-refractivity contribution in [1.29, 1.82) is 0 Å². The normalized spacial score (nSPS) is 18.6. The van der Waals surface area contributed by atoms with E-state index in [4.69, 9.17) is 11.6 Å². The molecule has 0 saturated heterocycles. The number of aromatic nitrogens is 1. The number of hydrogen-bond donors (Lipinski definition) is 1. The minimum atomic E-state index is 0.197. The van der Waals surface area contributed by atoms with Crippen LogP contribution in [0.4, 0.5) is 0 Å². The molecule has 0 amide bonds. The summed E-state index contributed by atoms with van der Waals surface area (Å²) in [4.78, 5) is 3.13. The number of fused-ring (bicyclic) bond motifs is 1. The van der Waals surface area contributed by atoms with E-state index >= 15 is 0 Å². The van der Waals surface area contributed by atoms with Crippen LogP contribution in [0.15, 0.2) is 24.4 Å². The molecule has 2 heteroatoms. The van der Waals surface area contributed by atoms with Crippen molar-refractivity contribution in [2.75, 3.05) is 0 Å². The third-order valence-corrected chi connectivity index (χ3v) is 3.46. The van der Waals surface area contributed by atoms with Gasteiger partial charge in [-0.15, -0.1) is 11.6 Å². The van der Waals surface area contributed by atoms with E-state index in [0.29, 0.717) is 5.92 Å². The molecule has 71 valence electrons. The topological polar surface area (TPSA) is 15.8 Å². The Hall–Kier alpha value is -0.950. The largest absolute Gasteiger partial charge is 0.361 e. The Bertz CT molecular complexity index is 456. The Morgan fingerprint density at radius 3 is 3.07 bits per heavy atom. The first kappa shape index (κ1) is 8.37. The van der Waals surface area contributed by atoms with Crippen LogP contribution in [-0.2, 0) is 0 Å². The first-order valence-corrected chi connectivity index (χ1v) is 5.41. The van der Waals surface area contributed by atoms with Gasteiger partial charge in [0.1, 0.15) is 0 Å². The molecule has 1 saturated carbocycles. The highest BCUT2D eigenvalue weighted by molar-refractivity contribution is 6.21. The van der Waals surface area contributed by atoms with Gasteiger partial charge in [-0.05, 0) is 36.5 Å². The van der Waals surface area contributed by atoms with E-state index in [1.165, 1.54) is 18.4 Å². The van der Waals surface area contributed by atoms with Crippen LogP contribution in [0.3, 0.4) is 0 Å². The number of alkyl halides is 1. The van der Waals surface area contributed by atoms with Gasteiger partial charge in [0.15, 0.2) is 0 Å². The van der Waals surface area contributed by atoms with Crippen LogP contribution in [0, 0.1) is 12.0 Å². The summed E-state index contributed by atoms with van der Waals surface area (Å²) >= 11 is 6.35. The van der Waals surface area contributed by atoms with Crippen LogP contribution in [0.5, 0.6) is 0 Å². The van der Waals surface area contributed by atoms with Crippen molar-refractivity contribution >= 4 is 22.5 Å². The predicted molar refractivity (Wildman–Crippen MR) is 58.5 cm³/mol. The van der Waals surface area contributed by atoms with Gasteiger partial charge in [0, 0.05) is 23.2 Å². The molecule has 1 atom stereocenters. The SMILES string of the molecule is ClC(c1ccc2[nH]c[c]c2c1)C1CC1. The highest BCUT2D eigenvalue weighted by atomic mass is 35.5. The van der Waals surface area contributed by atoms with E-state index in [2.05, 4.69) is 29.2 Å². The third kappa shape index (κ3) is 1.32. The van der Waals surface area contributed by atoms with Gasteiger partial charge in [-0.3, -0.25) is 0 Å². The minimum absolute atomic E-state index is 0.197. The average molecular weight is 205 g/mol. The molecule has 1 unspecified atom stereocenters. The van der Waals surface area contributed by atoms with Crippen LogP contribution in [-0.4, -0.2) is 4.98 Å². The molecule has 1 N–H and O–H groups in total. The van der Waals surface area contributed by atoms with Crippen molar-refractivity contribution in [3.8, 4) is 0 Å². The summed E-state index contributed by atoms with van der Waals surface area (Å²) in [6, 6.07) is 9.50. The summed E-state index contributed by atoms with van der Waals surface area (Å²) < 4.78 is 0. The Balaban J connectivity index is 2.03. The molecule has 0 spiro atoms. The zero-order valence-electron chi connectivity index (χ0n) is 7.76. The van der Waals surface area contributed by atoms with E-state index < -0.39 is 0 Å². The van der Waals surface area contributed by atoms with Crippen molar-refractivity contribution in [2.45, 2.75) is 18.2 Å². The number of nitrogens with one attached hydrogen (secondary N) is 1. The van der Waals surface area contributed by atoms with Crippen molar-refractivity contribution in [3.05, 3.63) is 36.0 Å². The van der Waals surface area contributed by atoms with Gasteiger partial charge < -0.3 is 4.98 Å². The predicted octanol–water partition coefficient (Wildman–Crippen LogP) is 3.66. The molecule has 1 heterocycles. The second-order valence-corrected chi connectivity index (χ2v) is 4.45. The molecule has 1 aliphatic carbocycles. The summed E-state index contributed by atoms with van der Waals surface area (Å²) in [7, 11) is 0. The van der Waals surface area contributed by atoms with Crippen LogP contribution >= 0.6 is 11.6 Å². The number of aromatic amines is 1. The molecule has 3 rings (SSSR count). The molecular weight excluding hydrogens is 194 g/mol. The zero-order valence-corrected chi connectivity index (χ0v) is 8.51. The lowest BCUT2D eigenvalue weighted by Crippen LogP contribution is -1.91. The van der Waals surface area contributed by atoms with Crippen molar-refractivity contribution in [1.82, 2.24) is 4.98 Å². The molecule has 14 heavy (non-hydrogen) atoms. The maximum atomic E-state index is 6.35. The lowest BCUT2D eigenvalue weighted by atomic mass is 10.1. The standard InChI is InChI=1S/C12H11ClN/c13-12(8-1-2-8)10-3-4-11-9(7-10)5-6-14-11/h3-4,6-8,12,14H,1-2H2. The van der Waals surface area contributed by atoms with Gasteiger partial charge in [-0.2, -0.15) is 0 Å². The van der Waals surface area contributed by atoms with Gasteiger partial charge in [0.05, 0.1) is 5.38 Å². The van der Waals surface area contributed by atoms with Crippen LogP contribution in [0.2, 0.25) is 0 Å². The van der Waals surface area contributed by atoms with Crippen molar-refractivity contribution in [2.24, 2.45) is 5.92 Å². The highest BCUT2D eigenvalue weighted by Gasteiger charge is 2.30.